The molecular formula is C17H21FN4O3. The van der Waals surface area contributed by atoms with Gasteiger partial charge in [0.15, 0.2) is 5.82 Å². The van der Waals surface area contributed by atoms with Crippen molar-refractivity contribution in [3.05, 3.63) is 47.4 Å². The molecule has 1 fully saturated rings. The van der Waals surface area contributed by atoms with E-state index in [9.17, 15) is 14.3 Å². The number of carbonyl (C=O) groups is 1. The largest absolute Gasteiger partial charge is 0.391 e. The molecule has 134 valence electrons. The van der Waals surface area contributed by atoms with Crippen LogP contribution in [0.5, 0.6) is 0 Å². The highest BCUT2D eigenvalue weighted by molar-refractivity contribution is 5.75. The first-order valence-electron chi connectivity index (χ1n) is 8.24. The smallest absolute Gasteiger partial charge is 0.318 e. The van der Waals surface area contributed by atoms with Crippen molar-refractivity contribution in [3.8, 4) is 0 Å². The van der Waals surface area contributed by atoms with Crippen LogP contribution in [0.15, 0.2) is 28.8 Å². The number of halogens is 1. The molecule has 0 bridgehead atoms. The monoisotopic (exact) mass is 348 g/mol. The zero-order valence-corrected chi connectivity index (χ0v) is 14.1. The first kappa shape index (κ1) is 17.3. The number of piperidine rings is 1. The summed E-state index contributed by atoms with van der Waals surface area (Å²) >= 11 is 0. The molecule has 25 heavy (non-hydrogen) atoms. The van der Waals surface area contributed by atoms with Crippen molar-refractivity contribution in [2.45, 2.75) is 32.4 Å². The van der Waals surface area contributed by atoms with Crippen LogP contribution in [0.3, 0.4) is 0 Å². The molecule has 1 aliphatic rings. The Balaban J connectivity index is 1.83. The number of benzene rings is 1. The maximum absolute atomic E-state index is 14.2. The van der Waals surface area contributed by atoms with Gasteiger partial charge >= 0.3 is 6.03 Å². The minimum absolute atomic E-state index is 0.145. The molecule has 7 nitrogen and oxygen atoms in total. The molecule has 2 heterocycles. The lowest BCUT2D eigenvalue weighted by atomic mass is 9.96. The number of aromatic nitrogens is 2. The highest BCUT2D eigenvalue weighted by Crippen LogP contribution is 2.24. The number of rotatable bonds is 3. The Bertz CT molecular complexity index is 751. The molecule has 2 aromatic rings. The van der Waals surface area contributed by atoms with E-state index in [0.29, 0.717) is 18.9 Å². The van der Waals surface area contributed by atoms with Crippen LogP contribution in [0.25, 0.3) is 0 Å². The van der Waals surface area contributed by atoms with E-state index < -0.39 is 24.0 Å². The number of amides is 2. The minimum Gasteiger partial charge on any atom is -0.391 e. The second-order valence-electron chi connectivity index (χ2n) is 6.35. The lowest BCUT2D eigenvalue weighted by Crippen LogP contribution is -2.50. The predicted octanol–water partition coefficient (Wildman–Crippen LogP) is 2.02. The Morgan fingerprint density at radius 1 is 1.48 bits per heavy atom. The lowest BCUT2D eigenvalue weighted by molar-refractivity contribution is 0.0431. The number of carbonyl (C=O) groups excluding carboxylic acids is 1. The van der Waals surface area contributed by atoms with E-state index in [1.807, 2.05) is 6.92 Å². The number of β-amino-alcohol motifs (C(OH)–C–C–N with tert-alkyl or cyclic N) is 1. The first-order valence-corrected chi connectivity index (χ1v) is 8.24. The van der Waals surface area contributed by atoms with E-state index in [0.717, 1.165) is 0 Å². The van der Waals surface area contributed by atoms with Crippen molar-refractivity contribution in [2.24, 2.45) is 5.92 Å². The fourth-order valence-corrected chi connectivity index (χ4v) is 2.87. The molecule has 2 amide bonds. The van der Waals surface area contributed by atoms with Crippen molar-refractivity contribution in [2.75, 3.05) is 13.1 Å². The van der Waals surface area contributed by atoms with Crippen molar-refractivity contribution in [3.63, 3.8) is 0 Å². The van der Waals surface area contributed by atoms with Crippen LogP contribution >= 0.6 is 0 Å². The molecule has 0 radical (unpaired) electrons. The average molecular weight is 348 g/mol. The van der Waals surface area contributed by atoms with E-state index in [1.165, 1.54) is 11.0 Å². The minimum atomic E-state index is -0.873. The number of likely N-dealkylation sites (tertiary alicyclic amines) is 1. The summed E-state index contributed by atoms with van der Waals surface area (Å²) in [5.41, 5.74) is 0.252. The number of nitrogens with zero attached hydrogens (tertiary/aromatic N) is 3. The SMILES string of the molecule is Cc1nc([C@H](NC(=O)N2CC[C@@H](C)[C@@H](O)C2)c2ccccc2F)no1. The fraction of sp³-hybridized carbons (Fsp3) is 0.471. The molecule has 0 saturated carbocycles. The van der Waals surface area contributed by atoms with E-state index in [2.05, 4.69) is 15.5 Å². The van der Waals surface area contributed by atoms with Gasteiger partial charge in [0.25, 0.3) is 0 Å². The van der Waals surface area contributed by atoms with Gasteiger partial charge in [0.2, 0.25) is 5.89 Å². The molecule has 0 aliphatic carbocycles. The van der Waals surface area contributed by atoms with E-state index in [-0.39, 0.29) is 23.9 Å². The summed E-state index contributed by atoms with van der Waals surface area (Å²) in [7, 11) is 0. The summed E-state index contributed by atoms with van der Waals surface area (Å²) in [5, 5.41) is 16.6. The van der Waals surface area contributed by atoms with E-state index in [1.54, 1.807) is 25.1 Å². The van der Waals surface area contributed by atoms with Gasteiger partial charge in [-0.1, -0.05) is 30.3 Å². The highest BCUT2D eigenvalue weighted by Gasteiger charge is 2.31. The van der Waals surface area contributed by atoms with Gasteiger partial charge < -0.3 is 19.8 Å². The van der Waals surface area contributed by atoms with Gasteiger partial charge in [-0.15, -0.1) is 0 Å². The summed E-state index contributed by atoms with van der Waals surface area (Å²) in [6.07, 6.45) is 0.138. The number of hydrogen-bond donors (Lipinski definition) is 2. The van der Waals surface area contributed by atoms with Crippen LogP contribution < -0.4 is 5.32 Å². The first-order chi connectivity index (χ1) is 12.0. The third-order valence-corrected chi connectivity index (χ3v) is 4.49. The quantitative estimate of drug-likeness (QED) is 0.885. The second kappa shape index (κ2) is 7.18. The van der Waals surface area contributed by atoms with Gasteiger partial charge in [-0.05, 0) is 18.4 Å². The Morgan fingerprint density at radius 2 is 2.24 bits per heavy atom. The van der Waals surface area contributed by atoms with Gasteiger partial charge in [0.05, 0.1) is 6.10 Å². The van der Waals surface area contributed by atoms with Gasteiger partial charge in [-0.2, -0.15) is 4.98 Å². The Labute approximate surface area is 144 Å². The van der Waals surface area contributed by atoms with Crippen LogP contribution in [-0.2, 0) is 0 Å². The molecule has 1 aromatic heterocycles. The molecule has 0 unspecified atom stereocenters. The molecule has 1 aliphatic heterocycles. The maximum atomic E-state index is 14.2. The standard InChI is InChI=1S/C17H21FN4O3/c1-10-7-8-22(9-14(10)23)17(24)20-15(16-19-11(2)25-21-16)12-5-3-4-6-13(12)18/h3-6,10,14-15,23H,7-9H2,1-2H3,(H,20,24)/t10-,14+,15-/m1/s1. The fourth-order valence-electron chi connectivity index (χ4n) is 2.87. The average Bonchev–Trinajstić information content (AvgIpc) is 3.02. The molecule has 1 saturated heterocycles. The Kier molecular flexibility index (Phi) is 4.98. The number of aliphatic hydroxyl groups excluding tert-OH is 1. The number of urea groups is 1. The van der Waals surface area contributed by atoms with E-state index in [4.69, 9.17) is 4.52 Å². The van der Waals surface area contributed by atoms with Gasteiger partial charge in [-0.25, -0.2) is 9.18 Å². The summed E-state index contributed by atoms with van der Waals surface area (Å²) < 4.78 is 19.2. The van der Waals surface area contributed by atoms with Crippen LogP contribution in [0.4, 0.5) is 9.18 Å². The second-order valence-corrected chi connectivity index (χ2v) is 6.35. The summed E-state index contributed by atoms with van der Waals surface area (Å²) in [6, 6.07) is 4.86. The molecule has 2 N–H and O–H groups in total. The van der Waals surface area contributed by atoms with Crippen molar-refractivity contribution in [1.29, 1.82) is 0 Å². The van der Waals surface area contributed by atoms with Crippen LogP contribution in [-0.4, -0.2) is 45.4 Å². The van der Waals surface area contributed by atoms with Gasteiger partial charge in [-0.3, -0.25) is 0 Å². The zero-order chi connectivity index (χ0) is 18.0. The highest BCUT2D eigenvalue weighted by atomic mass is 19.1. The van der Waals surface area contributed by atoms with Crippen LogP contribution in [0.1, 0.15) is 36.7 Å². The number of aryl methyl sites for hydroxylation is 1. The zero-order valence-electron chi connectivity index (χ0n) is 14.1. The van der Waals surface area contributed by atoms with Crippen LogP contribution in [0, 0.1) is 18.7 Å². The third kappa shape index (κ3) is 3.79. The van der Waals surface area contributed by atoms with Crippen molar-refractivity contribution >= 4 is 6.03 Å². The molecule has 3 atom stereocenters. The summed E-state index contributed by atoms with van der Waals surface area (Å²) in [5.74, 6) is 0.184. The molecule has 8 heteroatoms. The van der Waals surface area contributed by atoms with Crippen LogP contribution in [0.2, 0.25) is 0 Å². The number of nitrogens with one attached hydrogen (secondary N) is 1. The van der Waals surface area contributed by atoms with Gasteiger partial charge in [0.1, 0.15) is 11.9 Å². The Hall–Kier alpha value is -2.48. The third-order valence-electron chi connectivity index (χ3n) is 4.49. The van der Waals surface area contributed by atoms with Crippen molar-refractivity contribution in [1.82, 2.24) is 20.4 Å². The van der Waals surface area contributed by atoms with E-state index >= 15 is 0 Å². The lowest BCUT2D eigenvalue weighted by Gasteiger charge is -2.35. The number of hydrogen-bond acceptors (Lipinski definition) is 5. The van der Waals surface area contributed by atoms with Gasteiger partial charge in [0, 0.05) is 25.6 Å². The predicted molar refractivity (Wildman–Crippen MR) is 87.2 cm³/mol. The Morgan fingerprint density at radius 3 is 2.88 bits per heavy atom. The number of aliphatic hydroxyl groups is 1. The molecule has 1 aromatic carbocycles. The topological polar surface area (TPSA) is 91.5 Å². The normalized spacial score (nSPS) is 21.8. The summed E-state index contributed by atoms with van der Waals surface area (Å²) in [4.78, 5) is 18.3. The maximum Gasteiger partial charge on any atom is 0.318 e. The summed E-state index contributed by atoms with van der Waals surface area (Å²) in [6.45, 7) is 4.34. The molecular weight excluding hydrogens is 327 g/mol. The molecule has 0 spiro atoms. The molecule has 3 rings (SSSR count). The van der Waals surface area contributed by atoms with Crippen molar-refractivity contribution < 1.29 is 18.8 Å².